The average Bonchev–Trinajstić information content (AvgIpc) is 3.11. The van der Waals surface area contributed by atoms with Gasteiger partial charge < -0.3 is 19.8 Å². The number of para-hydroxylation sites is 1. The van der Waals surface area contributed by atoms with Gasteiger partial charge in [-0.2, -0.15) is 5.26 Å². The molecule has 0 aromatic heterocycles. The third-order valence-electron chi connectivity index (χ3n) is 5.88. The molecule has 4 rings (SSSR count). The molecular weight excluding hydrogens is 448 g/mol. The van der Waals surface area contributed by atoms with Crippen LogP contribution in [0.25, 0.3) is 0 Å². The van der Waals surface area contributed by atoms with Gasteiger partial charge in [0.1, 0.15) is 11.8 Å². The van der Waals surface area contributed by atoms with Gasteiger partial charge in [0.25, 0.3) is 0 Å². The first-order valence-corrected chi connectivity index (χ1v) is 10.2. The number of carbonyl (C=O) groups excluding carboxylic acids is 1. The monoisotopic (exact) mass is 464 g/mol. The summed E-state index contributed by atoms with van der Waals surface area (Å²) in [6.45, 7) is 0. The van der Waals surface area contributed by atoms with Crippen molar-refractivity contribution < 1.29 is 29.3 Å². The van der Waals surface area contributed by atoms with Gasteiger partial charge in [-0.05, 0) is 35.9 Å². The summed E-state index contributed by atoms with van der Waals surface area (Å²) in [5, 5.41) is 30.3. The maximum absolute atomic E-state index is 13.4. The zero-order chi connectivity index (χ0) is 23.8. The molecule has 33 heavy (non-hydrogen) atoms. The minimum absolute atomic E-state index is 0.155. The van der Waals surface area contributed by atoms with E-state index in [2.05, 4.69) is 0 Å². The van der Waals surface area contributed by atoms with Gasteiger partial charge in [-0.25, -0.2) is 9.59 Å². The molecule has 0 saturated carbocycles. The molecule has 0 spiro atoms. The third kappa shape index (κ3) is 3.62. The van der Waals surface area contributed by atoms with E-state index in [-0.39, 0.29) is 11.3 Å². The summed E-state index contributed by atoms with van der Waals surface area (Å²) in [6.07, 6.45) is 3.76. The molecule has 2 heterocycles. The molecule has 2 aromatic rings. The molecule has 0 unspecified atom stereocenters. The molecule has 1 saturated heterocycles. The van der Waals surface area contributed by atoms with Crippen LogP contribution in [0.2, 0.25) is 5.02 Å². The Hall–Kier alpha value is -4.09. The highest BCUT2D eigenvalue weighted by Crippen LogP contribution is 2.53. The molecule has 2 N–H and O–H groups in total. The number of aliphatic carboxylic acids is 2. The second kappa shape index (κ2) is 8.45. The van der Waals surface area contributed by atoms with E-state index in [1.54, 1.807) is 42.5 Å². The molecule has 166 valence electrons. The van der Waals surface area contributed by atoms with Gasteiger partial charge in [-0.15, -0.1) is 0 Å². The topological polar surface area (TPSA) is 128 Å². The van der Waals surface area contributed by atoms with Gasteiger partial charge in [0.2, 0.25) is 0 Å². The molecule has 4 atom stereocenters. The summed E-state index contributed by atoms with van der Waals surface area (Å²) in [5.74, 6) is -4.47. The van der Waals surface area contributed by atoms with Crippen molar-refractivity contribution in [3.8, 4) is 11.8 Å². The van der Waals surface area contributed by atoms with Crippen molar-refractivity contribution in [2.45, 2.75) is 18.0 Å². The highest BCUT2D eigenvalue weighted by molar-refractivity contribution is 6.30. The van der Waals surface area contributed by atoms with Crippen molar-refractivity contribution in [3.63, 3.8) is 0 Å². The summed E-state index contributed by atoms with van der Waals surface area (Å²) in [4.78, 5) is 38.9. The standard InChI is InChI=1S/C24H17ClN2O6/c25-16-9-6-14(7-10-16)19-20(22(30)33-17-4-2-1-3-5-17)27-12-15(21(28)29)8-11-18(27)24(19,13-26)23(31)32/h1-12,18-20H,(H,28,29)(H,31,32)/t18-,19+,20+,24+/m0/s1. The maximum atomic E-state index is 13.4. The van der Waals surface area contributed by atoms with Crippen molar-refractivity contribution in [1.29, 1.82) is 5.26 Å². The number of nitriles is 1. The van der Waals surface area contributed by atoms with E-state index in [1.165, 1.54) is 35.4 Å². The number of carboxylic acids is 2. The Labute approximate surface area is 193 Å². The van der Waals surface area contributed by atoms with E-state index in [9.17, 15) is 29.9 Å². The van der Waals surface area contributed by atoms with Crippen LogP contribution in [0.5, 0.6) is 5.75 Å². The molecule has 2 aliphatic rings. The minimum atomic E-state index is -2.11. The molecular formula is C24H17ClN2O6. The Balaban J connectivity index is 1.91. The van der Waals surface area contributed by atoms with Crippen molar-refractivity contribution in [3.05, 3.63) is 89.1 Å². The van der Waals surface area contributed by atoms with Crippen molar-refractivity contribution in [1.82, 2.24) is 4.90 Å². The normalized spacial score (nSPS) is 25.5. The number of ether oxygens (including phenoxy) is 1. The lowest BCUT2D eigenvalue weighted by Crippen LogP contribution is -2.44. The van der Waals surface area contributed by atoms with Crippen LogP contribution in [0.3, 0.4) is 0 Å². The summed E-state index contributed by atoms with van der Waals surface area (Å²) in [5.41, 5.74) is -1.88. The van der Waals surface area contributed by atoms with E-state index in [1.807, 2.05) is 6.07 Å². The number of hydrogen-bond acceptors (Lipinski definition) is 6. The van der Waals surface area contributed by atoms with Crippen molar-refractivity contribution in [2.75, 3.05) is 0 Å². The van der Waals surface area contributed by atoms with Crippen LogP contribution in [0.15, 0.2) is 78.5 Å². The summed E-state index contributed by atoms with van der Waals surface area (Å²) < 4.78 is 5.53. The summed E-state index contributed by atoms with van der Waals surface area (Å²) in [6, 6.07) is 13.9. The van der Waals surface area contributed by atoms with Crippen LogP contribution in [0.1, 0.15) is 11.5 Å². The number of fused-ring (bicyclic) bond motifs is 1. The smallest absolute Gasteiger partial charge is 0.337 e. The Kier molecular flexibility index (Phi) is 5.66. The van der Waals surface area contributed by atoms with Crippen LogP contribution in [0.4, 0.5) is 0 Å². The lowest BCUT2D eigenvalue weighted by atomic mass is 9.69. The van der Waals surface area contributed by atoms with Gasteiger partial charge in [0, 0.05) is 17.1 Å². The predicted octanol–water partition coefficient (Wildman–Crippen LogP) is 3.21. The van der Waals surface area contributed by atoms with Crippen LogP contribution >= 0.6 is 11.6 Å². The molecule has 0 radical (unpaired) electrons. The number of esters is 1. The number of carbonyl (C=O) groups is 3. The molecule has 2 aliphatic heterocycles. The van der Waals surface area contributed by atoms with Gasteiger partial charge in [0.15, 0.2) is 5.41 Å². The molecule has 8 nitrogen and oxygen atoms in total. The first kappa shape index (κ1) is 22.1. The van der Waals surface area contributed by atoms with Crippen molar-refractivity contribution >= 4 is 29.5 Å². The Morgan fingerprint density at radius 3 is 2.30 bits per heavy atom. The predicted molar refractivity (Wildman–Crippen MR) is 116 cm³/mol. The molecule has 2 aromatic carbocycles. The number of carboxylic acid groups (broad SMARTS) is 2. The molecule has 9 heteroatoms. The fourth-order valence-electron chi connectivity index (χ4n) is 4.43. The van der Waals surface area contributed by atoms with E-state index < -0.39 is 41.3 Å². The number of hydrogen-bond donors (Lipinski definition) is 2. The largest absolute Gasteiger partial charge is 0.480 e. The zero-order valence-electron chi connectivity index (χ0n) is 17.0. The van der Waals surface area contributed by atoms with Gasteiger partial charge in [0.05, 0.1) is 17.7 Å². The highest BCUT2D eigenvalue weighted by Gasteiger charge is 2.66. The quantitative estimate of drug-likeness (QED) is 0.510. The lowest BCUT2D eigenvalue weighted by Gasteiger charge is -2.31. The first-order valence-electron chi connectivity index (χ1n) is 9.87. The van der Waals surface area contributed by atoms with E-state index in [0.717, 1.165) is 0 Å². The maximum Gasteiger partial charge on any atom is 0.337 e. The molecule has 0 bridgehead atoms. The van der Waals surface area contributed by atoms with E-state index in [4.69, 9.17) is 16.3 Å². The van der Waals surface area contributed by atoms with Gasteiger partial charge >= 0.3 is 17.9 Å². The Bertz CT molecular complexity index is 1220. The highest BCUT2D eigenvalue weighted by atomic mass is 35.5. The lowest BCUT2D eigenvalue weighted by molar-refractivity contribution is -0.146. The van der Waals surface area contributed by atoms with Crippen molar-refractivity contribution in [2.24, 2.45) is 5.41 Å². The second-order valence-electron chi connectivity index (χ2n) is 7.63. The number of halogens is 1. The van der Waals surface area contributed by atoms with E-state index in [0.29, 0.717) is 10.6 Å². The first-order chi connectivity index (χ1) is 15.8. The molecule has 1 fully saturated rings. The third-order valence-corrected chi connectivity index (χ3v) is 6.13. The summed E-state index contributed by atoms with van der Waals surface area (Å²) in [7, 11) is 0. The molecule has 0 amide bonds. The Morgan fingerprint density at radius 2 is 1.73 bits per heavy atom. The van der Waals surface area contributed by atoms with Gasteiger partial charge in [-0.3, -0.25) is 4.79 Å². The number of nitrogens with zero attached hydrogens (tertiary/aromatic N) is 2. The zero-order valence-corrected chi connectivity index (χ0v) is 17.7. The fourth-order valence-corrected chi connectivity index (χ4v) is 4.56. The summed E-state index contributed by atoms with van der Waals surface area (Å²) >= 11 is 6.00. The molecule has 0 aliphatic carbocycles. The fraction of sp³-hybridized carbons (Fsp3) is 0.167. The SMILES string of the molecule is N#C[C@]1(C(=O)O)[C@H](c2ccc(Cl)cc2)[C@H](C(=O)Oc2ccccc2)N2C=C(C(=O)O)C=C[C@H]21. The van der Waals surface area contributed by atoms with Crippen LogP contribution in [0, 0.1) is 16.7 Å². The number of rotatable bonds is 5. The van der Waals surface area contributed by atoms with E-state index >= 15 is 0 Å². The number of benzene rings is 2. The average molecular weight is 465 g/mol. The van der Waals surface area contributed by atoms with Gasteiger partial charge in [-0.1, -0.05) is 48.0 Å². The van der Waals surface area contributed by atoms with Crippen LogP contribution in [-0.2, 0) is 14.4 Å². The van der Waals surface area contributed by atoms with Crippen LogP contribution in [-0.4, -0.2) is 45.1 Å². The Morgan fingerprint density at radius 1 is 1.06 bits per heavy atom. The second-order valence-corrected chi connectivity index (χ2v) is 8.07. The minimum Gasteiger partial charge on any atom is -0.480 e. The van der Waals surface area contributed by atoms with Crippen LogP contribution < -0.4 is 4.74 Å².